The summed E-state index contributed by atoms with van der Waals surface area (Å²) >= 11 is 0. The van der Waals surface area contributed by atoms with Crippen LogP contribution in [0.2, 0.25) is 0 Å². The first-order chi connectivity index (χ1) is 67.0. The highest BCUT2D eigenvalue weighted by molar-refractivity contribution is 6.24. The number of hydrogen-bond acceptors (Lipinski definition) is 2. The van der Waals surface area contributed by atoms with Crippen molar-refractivity contribution < 1.29 is 0 Å². The van der Waals surface area contributed by atoms with Crippen LogP contribution in [0.4, 0.5) is 34.1 Å². The lowest BCUT2D eigenvalue weighted by molar-refractivity contribution is 0.794. The zero-order valence-corrected chi connectivity index (χ0v) is 73.9. The lowest BCUT2D eigenvalue weighted by Gasteiger charge is -2.32. The van der Waals surface area contributed by atoms with Gasteiger partial charge < -0.3 is 18.9 Å². The third-order valence-corrected chi connectivity index (χ3v) is 28.3. The molecule has 23 aromatic carbocycles. The van der Waals surface area contributed by atoms with Gasteiger partial charge in [-0.15, -0.1) is 0 Å². The van der Waals surface area contributed by atoms with Crippen molar-refractivity contribution >= 4 is 121 Å². The number of nitrogens with zero attached hydrogens (tertiary/aromatic N) is 4. The first-order valence-corrected chi connectivity index (χ1v) is 46.7. The molecular weight excluding hydrogens is 1630 g/mol. The topological polar surface area (TPSA) is 16.3 Å². The number of rotatable bonds is 14. The fourth-order valence-electron chi connectivity index (χ4n) is 22.7. The quantitative estimate of drug-likeness (QED) is 0.101. The second-order valence-corrected chi connectivity index (χ2v) is 35.5. The largest absolute Gasteiger partial charge is 0.310 e. The van der Waals surface area contributed by atoms with Crippen molar-refractivity contribution in [1.82, 2.24) is 9.13 Å². The fourth-order valence-corrected chi connectivity index (χ4v) is 22.7. The van der Waals surface area contributed by atoms with Gasteiger partial charge >= 0.3 is 0 Å². The molecule has 2 heterocycles. The van der Waals surface area contributed by atoms with Crippen LogP contribution in [0.15, 0.2) is 522 Å². The highest BCUT2D eigenvalue weighted by atomic mass is 15.1. The Morgan fingerprint density at radius 1 is 0.148 bits per heavy atom. The van der Waals surface area contributed by atoms with E-state index < -0.39 is 5.41 Å². The van der Waals surface area contributed by atoms with E-state index in [0.717, 1.165) is 45.5 Å². The third-order valence-electron chi connectivity index (χ3n) is 28.3. The molecule has 0 amide bonds. The Labute approximate surface area is 784 Å². The predicted octanol–water partition coefficient (Wildman–Crippen LogP) is 35.5. The van der Waals surface area contributed by atoms with Gasteiger partial charge in [-0.05, 0) is 282 Å². The summed E-state index contributed by atoms with van der Waals surface area (Å²) in [6.07, 6.45) is 0. The van der Waals surface area contributed by atoms with E-state index in [1.54, 1.807) is 0 Å². The van der Waals surface area contributed by atoms with Gasteiger partial charge in [0.05, 0.1) is 33.2 Å². The van der Waals surface area contributed by atoms with E-state index in [1.807, 2.05) is 0 Å². The third kappa shape index (κ3) is 12.7. The van der Waals surface area contributed by atoms with Crippen LogP contribution in [-0.4, -0.2) is 9.13 Å². The van der Waals surface area contributed by atoms with Crippen molar-refractivity contribution in [2.75, 3.05) is 9.80 Å². The molecule has 0 unspecified atom stereocenters. The predicted molar refractivity (Wildman–Crippen MR) is 570 cm³/mol. The van der Waals surface area contributed by atoms with Crippen LogP contribution >= 0.6 is 0 Å². The molecule has 25 aromatic rings. The highest BCUT2D eigenvalue weighted by Crippen LogP contribution is 2.64. The molecule has 135 heavy (non-hydrogen) atoms. The molecule has 2 aliphatic rings. The number of fused-ring (bicyclic) bond motifs is 20. The Kier molecular flexibility index (Phi) is 18.8. The van der Waals surface area contributed by atoms with E-state index in [0.29, 0.717) is 0 Å². The van der Waals surface area contributed by atoms with Crippen LogP contribution in [0, 0.1) is 0 Å². The van der Waals surface area contributed by atoms with E-state index in [4.69, 9.17) is 0 Å². The number of para-hydroxylation sites is 7. The molecule has 4 nitrogen and oxygen atoms in total. The standard InChI is InChI=1S/C75H48N2.C56H38N2/c1-4-20-49(21-5-1)73-62-29-10-12-31-64(62)74(65-32-13-11-30-63(65)73)50-36-40-55(41-37-50)76(53-22-6-2-7-23-53)56-42-44-60-59-43-38-52(47-69(59)75(70(60)48-56)67-33-17-14-26-57(67)58-27-15-18-34-68(58)75)51-39-45-72-66(46-51)61-28-16-19-35-71(61)77(72)54-24-8-3-9-25-54;1-4-18-39(19-5-1)55-47-26-10-12-28-49(47)56(50-29-13-11-27-48(50)55)40-32-35-44(36-33-40)57(42-20-6-2-7-21-42)52-30-16-14-24-45(52)41-34-37-54-51(38-41)46-25-15-17-31-53(46)58(54)43-22-8-3-9-23-43/h1-48H;1-38H. The van der Waals surface area contributed by atoms with Crippen molar-refractivity contribution in [2.45, 2.75) is 5.41 Å². The first-order valence-electron chi connectivity index (χ1n) is 46.7. The average Bonchev–Trinajstić information content (AvgIpc) is 1.50. The molecule has 0 radical (unpaired) electrons. The number of aromatic nitrogens is 2. The highest BCUT2D eigenvalue weighted by Gasteiger charge is 2.52. The summed E-state index contributed by atoms with van der Waals surface area (Å²) in [6.45, 7) is 0. The summed E-state index contributed by atoms with van der Waals surface area (Å²) < 4.78 is 4.77. The normalized spacial score (nSPS) is 12.2. The SMILES string of the molecule is c1ccc(-c2c3ccccc3c(-c3ccc(N(c4ccccc4)c4ccc5c(c4)C4(c6ccccc6-c6ccccc64)c4cc(-c6ccc7c(c6)c6ccccc6n7-c6ccccc6)ccc4-5)cc3)c3ccccc23)cc1.c1ccc(-c2c3ccccc3c(-c3ccc(N(c4ccccc4)c4ccccc4-c4ccc5c(c4)c4ccccc4n5-c4ccccc4)cc3)c3ccccc23)cc1. The maximum Gasteiger partial charge on any atom is 0.0726 e. The minimum absolute atomic E-state index is 0.558. The zero-order chi connectivity index (χ0) is 89.0. The molecule has 0 aliphatic heterocycles. The summed E-state index contributed by atoms with van der Waals surface area (Å²) in [7, 11) is 0. The van der Waals surface area contributed by atoms with Crippen LogP contribution in [0.1, 0.15) is 22.3 Å². The van der Waals surface area contributed by atoms with E-state index in [2.05, 4.69) is 541 Å². The molecule has 1 spiro atoms. The summed E-state index contributed by atoms with van der Waals surface area (Å²) in [5.41, 5.74) is 38.3. The molecule has 27 rings (SSSR count). The molecule has 0 N–H and O–H groups in total. The fraction of sp³-hybridized carbons (Fsp3) is 0.00763. The van der Waals surface area contributed by atoms with Gasteiger partial charge in [0.25, 0.3) is 0 Å². The molecule has 630 valence electrons. The molecule has 4 heteroatoms. The molecule has 0 saturated heterocycles. The summed E-state index contributed by atoms with van der Waals surface area (Å²) in [6, 6.07) is 192. The molecular formula is C131H86N4. The van der Waals surface area contributed by atoms with Crippen molar-refractivity contribution in [1.29, 1.82) is 0 Å². The van der Waals surface area contributed by atoms with Crippen molar-refractivity contribution in [3.05, 3.63) is 544 Å². The Balaban J connectivity index is 0.000000146. The maximum absolute atomic E-state index is 2.51. The number of benzene rings is 23. The number of anilines is 6. The van der Waals surface area contributed by atoms with Gasteiger partial charge in [0.15, 0.2) is 0 Å². The minimum atomic E-state index is -0.558. The molecule has 2 aliphatic carbocycles. The van der Waals surface area contributed by atoms with Gasteiger partial charge in [-0.2, -0.15) is 0 Å². The molecule has 0 saturated carbocycles. The zero-order valence-electron chi connectivity index (χ0n) is 73.9. The van der Waals surface area contributed by atoms with E-state index in [-0.39, 0.29) is 0 Å². The molecule has 0 atom stereocenters. The van der Waals surface area contributed by atoms with Gasteiger partial charge in [-0.3, -0.25) is 0 Å². The second-order valence-electron chi connectivity index (χ2n) is 35.5. The van der Waals surface area contributed by atoms with Gasteiger partial charge in [-0.25, -0.2) is 0 Å². The Hall–Kier alpha value is -17.7. The minimum Gasteiger partial charge on any atom is -0.310 e. The Morgan fingerprint density at radius 2 is 0.422 bits per heavy atom. The average molecular weight is 1720 g/mol. The number of hydrogen-bond donors (Lipinski definition) is 0. The van der Waals surface area contributed by atoms with Gasteiger partial charge in [0, 0.05) is 66.9 Å². The van der Waals surface area contributed by atoms with Gasteiger partial charge in [0.1, 0.15) is 0 Å². The monoisotopic (exact) mass is 1710 g/mol. The van der Waals surface area contributed by atoms with Gasteiger partial charge in [0.2, 0.25) is 0 Å². The summed E-state index contributed by atoms with van der Waals surface area (Å²) in [4.78, 5) is 4.83. The van der Waals surface area contributed by atoms with Crippen molar-refractivity contribution in [3.63, 3.8) is 0 Å². The van der Waals surface area contributed by atoms with Crippen LogP contribution in [0.3, 0.4) is 0 Å². The van der Waals surface area contributed by atoms with Crippen molar-refractivity contribution in [2.24, 2.45) is 0 Å². The van der Waals surface area contributed by atoms with Gasteiger partial charge in [-0.1, -0.05) is 388 Å². The second kappa shape index (κ2) is 32.4. The van der Waals surface area contributed by atoms with Crippen molar-refractivity contribution in [3.8, 4) is 100 Å². The smallest absolute Gasteiger partial charge is 0.0726 e. The van der Waals surface area contributed by atoms with Crippen LogP contribution in [0.25, 0.3) is 187 Å². The molecule has 0 fully saturated rings. The van der Waals surface area contributed by atoms with E-state index >= 15 is 0 Å². The summed E-state index contributed by atoms with van der Waals surface area (Å²) in [5.74, 6) is 0. The van der Waals surface area contributed by atoms with Crippen LogP contribution in [0.5, 0.6) is 0 Å². The van der Waals surface area contributed by atoms with E-state index in [9.17, 15) is 0 Å². The Morgan fingerprint density at radius 3 is 0.867 bits per heavy atom. The molecule has 0 bridgehead atoms. The lowest BCUT2D eigenvalue weighted by atomic mass is 9.70. The molecule has 2 aromatic heterocycles. The lowest BCUT2D eigenvalue weighted by Crippen LogP contribution is -2.26. The van der Waals surface area contributed by atoms with E-state index in [1.165, 1.54) is 198 Å². The Bertz CT molecular complexity index is 8790. The summed E-state index contributed by atoms with van der Waals surface area (Å²) in [5, 5.41) is 15.0. The maximum atomic E-state index is 2.51. The van der Waals surface area contributed by atoms with Crippen LogP contribution < -0.4 is 9.80 Å². The first kappa shape index (κ1) is 78.4. The van der Waals surface area contributed by atoms with Crippen LogP contribution in [-0.2, 0) is 5.41 Å².